The third-order valence-corrected chi connectivity index (χ3v) is 5.39. The highest BCUT2D eigenvalue weighted by atomic mass is 16.5. The van der Waals surface area contributed by atoms with Gasteiger partial charge in [0.15, 0.2) is 5.65 Å². The van der Waals surface area contributed by atoms with Crippen molar-refractivity contribution in [3.8, 4) is 0 Å². The minimum atomic E-state index is 0.518. The van der Waals surface area contributed by atoms with Gasteiger partial charge < -0.3 is 14.2 Å². The molecule has 0 aliphatic carbocycles. The minimum absolute atomic E-state index is 0.518. The Labute approximate surface area is 137 Å². The van der Waals surface area contributed by atoms with Crippen molar-refractivity contribution >= 4 is 11.2 Å². The highest BCUT2D eigenvalue weighted by molar-refractivity contribution is 5.71. The van der Waals surface area contributed by atoms with Crippen LogP contribution in [0.4, 0.5) is 0 Å². The molecule has 2 saturated heterocycles. The molecular weight excluding hydrogens is 288 g/mol. The maximum absolute atomic E-state index is 5.51. The first-order chi connectivity index (χ1) is 11.3. The van der Waals surface area contributed by atoms with E-state index >= 15 is 0 Å². The summed E-state index contributed by atoms with van der Waals surface area (Å²) >= 11 is 0. The molecule has 0 aromatic carbocycles. The van der Waals surface area contributed by atoms with E-state index in [2.05, 4.69) is 27.4 Å². The van der Waals surface area contributed by atoms with Crippen LogP contribution in [0.5, 0.6) is 0 Å². The first-order valence-electron chi connectivity index (χ1n) is 8.97. The van der Waals surface area contributed by atoms with E-state index in [1.165, 1.54) is 18.8 Å². The van der Waals surface area contributed by atoms with Crippen molar-refractivity contribution in [3.63, 3.8) is 0 Å². The van der Waals surface area contributed by atoms with E-state index in [9.17, 15) is 0 Å². The first kappa shape index (κ1) is 15.1. The Morgan fingerprint density at radius 1 is 1.26 bits per heavy atom. The SMILES string of the molecule is CCN1CCC(n2c(CC3CCOCC3)nc3cccnc32)C1. The van der Waals surface area contributed by atoms with Crippen LogP contribution in [0.2, 0.25) is 0 Å². The molecule has 5 heteroatoms. The van der Waals surface area contributed by atoms with Crippen molar-refractivity contribution in [2.45, 2.75) is 38.6 Å². The van der Waals surface area contributed by atoms with Gasteiger partial charge >= 0.3 is 0 Å². The van der Waals surface area contributed by atoms with Crippen molar-refractivity contribution in [2.75, 3.05) is 32.8 Å². The molecule has 0 radical (unpaired) electrons. The Kier molecular flexibility index (Phi) is 4.31. The molecule has 0 saturated carbocycles. The molecule has 2 aliphatic heterocycles. The maximum atomic E-state index is 5.51. The van der Waals surface area contributed by atoms with Gasteiger partial charge in [-0.25, -0.2) is 9.97 Å². The predicted molar refractivity (Wildman–Crippen MR) is 90.5 cm³/mol. The minimum Gasteiger partial charge on any atom is -0.381 e. The quantitative estimate of drug-likeness (QED) is 0.870. The van der Waals surface area contributed by atoms with E-state index in [0.717, 1.165) is 56.7 Å². The van der Waals surface area contributed by atoms with Crippen LogP contribution >= 0.6 is 0 Å². The zero-order chi connectivity index (χ0) is 15.6. The molecule has 2 fully saturated rings. The number of rotatable bonds is 4. The van der Waals surface area contributed by atoms with Crippen LogP contribution in [-0.2, 0) is 11.2 Å². The Hall–Kier alpha value is -1.46. The van der Waals surface area contributed by atoms with Gasteiger partial charge in [0.1, 0.15) is 11.3 Å². The molecule has 2 aliphatic rings. The van der Waals surface area contributed by atoms with Crippen LogP contribution in [0, 0.1) is 5.92 Å². The summed E-state index contributed by atoms with van der Waals surface area (Å²) in [6, 6.07) is 4.61. The van der Waals surface area contributed by atoms with E-state index in [4.69, 9.17) is 9.72 Å². The van der Waals surface area contributed by atoms with Gasteiger partial charge in [-0.1, -0.05) is 6.92 Å². The molecule has 1 unspecified atom stereocenters. The number of likely N-dealkylation sites (tertiary alicyclic amines) is 1. The number of fused-ring (bicyclic) bond motifs is 1. The second-order valence-corrected chi connectivity index (χ2v) is 6.84. The number of hydrogen-bond acceptors (Lipinski definition) is 4. The van der Waals surface area contributed by atoms with Gasteiger partial charge in [0, 0.05) is 38.9 Å². The van der Waals surface area contributed by atoms with Crippen molar-refractivity contribution in [2.24, 2.45) is 5.92 Å². The standard InChI is InChI=1S/C18H26N4O/c1-2-21-9-5-15(13-21)22-17(12-14-6-10-23-11-7-14)20-16-4-3-8-19-18(16)22/h3-4,8,14-15H,2,5-7,9-13H2,1H3. The van der Waals surface area contributed by atoms with Crippen LogP contribution in [0.3, 0.4) is 0 Å². The van der Waals surface area contributed by atoms with Crippen LogP contribution in [0.1, 0.15) is 38.1 Å². The van der Waals surface area contributed by atoms with Crippen molar-refractivity contribution in [1.82, 2.24) is 19.4 Å². The maximum Gasteiger partial charge on any atom is 0.160 e. The van der Waals surface area contributed by atoms with E-state index in [-0.39, 0.29) is 0 Å². The van der Waals surface area contributed by atoms with Crippen LogP contribution < -0.4 is 0 Å². The molecule has 124 valence electrons. The van der Waals surface area contributed by atoms with Crippen molar-refractivity contribution in [3.05, 3.63) is 24.2 Å². The van der Waals surface area contributed by atoms with E-state index < -0.39 is 0 Å². The lowest BCUT2D eigenvalue weighted by Crippen LogP contribution is -2.23. The number of nitrogens with zero attached hydrogens (tertiary/aromatic N) is 4. The molecule has 0 N–H and O–H groups in total. The second kappa shape index (κ2) is 6.57. The summed E-state index contributed by atoms with van der Waals surface area (Å²) in [5.74, 6) is 1.93. The molecular formula is C18H26N4O. The third kappa shape index (κ3) is 3.00. The average Bonchev–Trinajstić information content (AvgIpc) is 3.19. The summed E-state index contributed by atoms with van der Waals surface area (Å²) in [7, 11) is 0. The second-order valence-electron chi connectivity index (χ2n) is 6.84. The van der Waals surface area contributed by atoms with Gasteiger partial charge in [0.2, 0.25) is 0 Å². The number of imidazole rings is 1. The largest absolute Gasteiger partial charge is 0.381 e. The Bertz CT molecular complexity index is 662. The Morgan fingerprint density at radius 2 is 2.13 bits per heavy atom. The number of hydrogen-bond donors (Lipinski definition) is 0. The summed E-state index contributed by atoms with van der Waals surface area (Å²) in [5.41, 5.74) is 2.11. The molecule has 2 aromatic rings. The molecule has 5 nitrogen and oxygen atoms in total. The normalized spacial score (nSPS) is 23.8. The molecule has 4 heterocycles. The fourth-order valence-corrected chi connectivity index (χ4v) is 4.02. The molecule has 4 rings (SSSR count). The molecule has 0 spiro atoms. The predicted octanol–water partition coefficient (Wildman–Crippen LogP) is 2.67. The summed E-state index contributed by atoms with van der Waals surface area (Å²) < 4.78 is 7.95. The Morgan fingerprint density at radius 3 is 2.91 bits per heavy atom. The summed E-state index contributed by atoms with van der Waals surface area (Å²) in [6.45, 7) is 7.48. The smallest absolute Gasteiger partial charge is 0.160 e. The van der Waals surface area contributed by atoms with Gasteiger partial charge in [0.25, 0.3) is 0 Å². The molecule has 23 heavy (non-hydrogen) atoms. The fraction of sp³-hybridized carbons (Fsp3) is 0.667. The topological polar surface area (TPSA) is 43.2 Å². The number of likely N-dealkylation sites (N-methyl/N-ethyl adjacent to an activating group) is 1. The third-order valence-electron chi connectivity index (χ3n) is 5.39. The van der Waals surface area contributed by atoms with Gasteiger partial charge in [0.05, 0.1) is 6.04 Å². The summed E-state index contributed by atoms with van der Waals surface area (Å²) in [6.07, 6.45) is 6.47. The van der Waals surface area contributed by atoms with Gasteiger partial charge in [-0.2, -0.15) is 0 Å². The number of ether oxygens (including phenoxy) is 1. The number of aromatic nitrogens is 3. The zero-order valence-electron chi connectivity index (χ0n) is 13.9. The van der Waals surface area contributed by atoms with E-state index in [1.54, 1.807) is 0 Å². The first-order valence-corrected chi connectivity index (χ1v) is 8.97. The van der Waals surface area contributed by atoms with Gasteiger partial charge in [-0.15, -0.1) is 0 Å². The fourth-order valence-electron chi connectivity index (χ4n) is 4.02. The monoisotopic (exact) mass is 314 g/mol. The van der Waals surface area contributed by atoms with Gasteiger partial charge in [-0.3, -0.25) is 0 Å². The molecule has 0 amide bonds. The lowest BCUT2D eigenvalue weighted by molar-refractivity contribution is 0.0656. The average molecular weight is 314 g/mol. The van der Waals surface area contributed by atoms with Crippen LogP contribution in [0.25, 0.3) is 11.2 Å². The lowest BCUT2D eigenvalue weighted by atomic mass is 9.96. The zero-order valence-corrected chi connectivity index (χ0v) is 13.9. The summed E-state index contributed by atoms with van der Waals surface area (Å²) in [5, 5.41) is 0. The highest BCUT2D eigenvalue weighted by Gasteiger charge is 2.28. The highest BCUT2D eigenvalue weighted by Crippen LogP contribution is 2.29. The molecule has 0 bridgehead atoms. The van der Waals surface area contributed by atoms with Crippen molar-refractivity contribution < 1.29 is 4.74 Å². The molecule has 2 aromatic heterocycles. The molecule has 1 atom stereocenters. The Balaban J connectivity index is 1.66. The van der Waals surface area contributed by atoms with E-state index in [0.29, 0.717) is 12.0 Å². The summed E-state index contributed by atoms with van der Waals surface area (Å²) in [4.78, 5) is 12.1. The van der Waals surface area contributed by atoms with Crippen LogP contribution in [-0.4, -0.2) is 52.3 Å². The van der Waals surface area contributed by atoms with Gasteiger partial charge in [-0.05, 0) is 43.9 Å². The number of pyridine rings is 1. The lowest BCUT2D eigenvalue weighted by Gasteiger charge is -2.23. The van der Waals surface area contributed by atoms with Crippen molar-refractivity contribution in [1.29, 1.82) is 0 Å². The van der Waals surface area contributed by atoms with E-state index in [1.807, 2.05) is 12.3 Å². The van der Waals surface area contributed by atoms with Crippen LogP contribution in [0.15, 0.2) is 18.3 Å².